The number of nitrogens with one attached hydrogen (secondary N) is 1. The highest BCUT2D eigenvalue weighted by Gasteiger charge is 2.52. The normalized spacial score (nSPS) is 15.5. The number of carbonyl (C=O) groups is 1. The Kier molecular flexibility index (Phi) is 8.92. The first kappa shape index (κ1) is 33.0. The summed E-state index contributed by atoms with van der Waals surface area (Å²) in [5.74, 6) is -0.367. The van der Waals surface area contributed by atoms with Gasteiger partial charge in [0, 0.05) is 19.3 Å². The van der Waals surface area contributed by atoms with Crippen LogP contribution in [0.1, 0.15) is 32.9 Å². The van der Waals surface area contributed by atoms with Gasteiger partial charge in [-0.25, -0.2) is 14.5 Å². The number of alkyl halides is 3. The second-order valence-corrected chi connectivity index (χ2v) is 17.0. The zero-order valence-electron chi connectivity index (χ0n) is 26.7. The van der Waals surface area contributed by atoms with Gasteiger partial charge >= 0.3 is 12.5 Å². The van der Waals surface area contributed by atoms with Crippen LogP contribution in [0.15, 0.2) is 97.2 Å². The minimum absolute atomic E-state index is 0.0946. The van der Waals surface area contributed by atoms with Gasteiger partial charge < -0.3 is 24.5 Å². The van der Waals surface area contributed by atoms with Crippen LogP contribution in [-0.2, 0) is 11.0 Å². The maximum atomic E-state index is 12.8. The molecule has 5 aromatic rings. The third-order valence-electron chi connectivity index (χ3n) is 8.59. The molecule has 1 amide bonds. The van der Waals surface area contributed by atoms with Crippen LogP contribution in [0.5, 0.6) is 5.75 Å². The van der Waals surface area contributed by atoms with E-state index in [0.717, 1.165) is 12.1 Å². The lowest BCUT2D eigenvalue weighted by molar-refractivity contribution is -0.274. The summed E-state index contributed by atoms with van der Waals surface area (Å²) >= 11 is 0. The van der Waals surface area contributed by atoms with Crippen molar-refractivity contribution in [3.05, 3.63) is 103 Å². The van der Waals surface area contributed by atoms with E-state index in [4.69, 9.17) is 4.43 Å². The number of ether oxygens (including phenoxy) is 1. The van der Waals surface area contributed by atoms with Gasteiger partial charge in [-0.2, -0.15) is 5.10 Å². The predicted octanol–water partition coefficient (Wildman–Crippen LogP) is 6.24. The van der Waals surface area contributed by atoms with Crippen LogP contribution in [0.25, 0.3) is 16.7 Å². The molecule has 6 rings (SSSR count). The van der Waals surface area contributed by atoms with Crippen LogP contribution in [0, 0.1) is 0 Å². The van der Waals surface area contributed by atoms with Crippen molar-refractivity contribution in [2.24, 2.45) is 0 Å². The molecule has 13 heteroatoms. The van der Waals surface area contributed by atoms with Gasteiger partial charge in [0.25, 0.3) is 8.32 Å². The van der Waals surface area contributed by atoms with Gasteiger partial charge in [0.15, 0.2) is 5.65 Å². The molecule has 1 fully saturated rings. The van der Waals surface area contributed by atoms with Gasteiger partial charge in [-0.15, -0.1) is 13.2 Å². The number of carboxylic acid groups (broad SMARTS) is 1. The van der Waals surface area contributed by atoms with Crippen molar-refractivity contribution in [3.63, 3.8) is 0 Å². The number of hydrogen-bond donors (Lipinski definition) is 2. The van der Waals surface area contributed by atoms with Crippen LogP contribution in [0.2, 0.25) is 5.04 Å². The SMILES string of the molecule is CC(C)(C)[Si](O[C@H]1CCN(c2ccnc3c2c(CNC(=O)O)nn3-c2ccc(OC(F)(F)F)cc2)C1)(c1ccccc1)c1ccccc1. The molecule has 250 valence electrons. The Labute approximate surface area is 277 Å². The molecule has 9 nitrogen and oxygen atoms in total. The smallest absolute Gasteiger partial charge is 0.465 e. The van der Waals surface area contributed by atoms with Crippen molar-refractivity contribution in [1.29, 1.82) is 0 Å². The molecule has 1 atom stereocenters. The number of fused-ring (bicyclic) bond motifs is 1. The molecule has 0 bridgehead atoms. The molecule has 48 heavy (non-hydrogen) atoms. The second kappa shape index (κ2) is 13.0. The molecule has 2 N–H and O–H groups in total. The number of halogens is 3. The van der Waals surface area contributed by atoms with Crippen LogP contribution >= 0.6 is 0 Å². The Hall–Kier alpha value is -4.88. The highest BCUT2D eigenvalue weighted by atomic mass is 28.4. The van der Waals surface area contributed by atoms with Crippen molar-refractivity contribution in [1.82, 2.24) is 20.1 Å². The number of pyridine rings is 1. The summed E-state index contributed by atoms with van der Waals surface area (Å²) in [5, 5.41) is 19.3. The van der Waals surface area contributed by atoms with Crippen molar-refractivity contribution >= 4 is 41.5 Å². The number of hydrogen-bond acceptors (Lipinski definition) is 6. The maximum Gasteiger partial charge on any atom is 0.573 e. The highest BCUT2D eigenvalue weighted by Crippen LogP contribution is 2.40. The van der Waals surface area contributed by atoms with Gasteiger partial charge in [-0.05, 0) is 52.2 Å². The first-order valence-corrected chi connectivity index (χ1v) is 17.5. The maximum absolute atomic E-state index is 12.8. The number of nitrogens with zero attached hydrogens (tertiary/aromatic N) is 4. The molecule has 3 aromatic carbocycles. The van der Waals surface area contributed by atoms with E-state index >= 15 is 0 Å². The van der Waals surface area contributed by atoms with E-state index < -0.39 is 20.8 Å². The van der Waals surface area contributed by atoms with Crippen molar-refractivity contribution in [3.8, 4) is 11.4 Å². The summed E-state index contributed by atoms with van der Waals surface area (Å²) in [6.07, 6.45) is -3.71. The van der Waals surface area contributed by atoms with Gasteiger partial charge in [0.05, 0.1) is 35.1 Å². The standard InChI is InChI=1S/C35H36F3N5O4Si/c1-34(2,3)48(27-10-6-4-7-11-27,28-12-8-5-9-13-28)47-26-19-21-42(23-26)30-18-20-39-32-31(30)29(22-40-33(44)45)41-43(32)24-14-16-25(17-15-24)46-35(36,37)38/h4-18,20,26,40H,19,21-23H2,1-3H3,(H,44,45)/t26-/m0/s1. The molecule has 0 unspecified atom stereocenters. The van der Waals surface area contributed by atoms with Crippen molar-refractivity contribution in [2.45, 2.75) is 51.2 Å². The lowest BCUT2D eigenvalue weighted by Gasteiger charge is -2.44. The number of aromatic nitrogens is 3. The number of amides is 1. The van der Waals surface area contributed by atoms with Gasteiger partial charge in [0.1, 0.15) is 5.75 Å². The summed E-state index contributed by atoms with van der Waals surface area (Å²) in [6, 6.07) is 28.1. The highest BCUT2D eigenvalue weighted by molar-refractivity contribution is 6.99. The van der Waals surface area contributed by atoms with E-state index in [1.54, 1.807) is 6.20 Å². The quantitative estimate of drug-likeness (QED) is 0.178. The average molecular weight is 676 g/mol. The Balaban J connectivity index is 1.36. The lowest BCUT2D eigenvalue weighted by atomic mass is 10.2. The first-order chi connectivity index (χ1) is 22.9. The fourth-order valence-electron chi connectivity index (χ4n) is 6.60. The molecule has 0 spiro atoms. The summed E-state index contributed by atoms with van der Waals surface area (Å²) in [5.41, 5.74) is 2.13. The van der Waals surface area contributed by atoms with E-state index in [0.29, 0.717) is 35.5 Å². The molecule has 0 saturated carbocycles. The molecular formula is C35H36F3N5O4Si. The second-order valence-electron chi connectivity index (χ2n) is 12.7. The Morgan fingerprint density at radius 3 is 2.15 bits per heavy atom. The Morgan fingerprint density at radius 2 is 1.58 bits per heavy atom. The molecule has 1 aliphatic rings. The first-order valence-electron chi connectivity index (χ1n) is 15.6. The van der Waals surface area contributed by atoms with Crippen molar-refractivity contribution < 1.29 is 32.2 Å². The fourth-order valence-corrected chi connectivity index (χ4v) is 11.3. The third-order valence-corrected chi connectivity index (χ3v) is 13.7. The molecule has 1 aliphatic heterocycles. The van der Waals surface area contributed by atoms with Gasteiger partial charge in [-0.3, -0.25) is 0 Å². The Morgan fingerprint density at radius 1 is 0.958 bits per heavy atom. The summed E-state index contributed by atoms with van der Waals surface area (Å²) in [7, 11) is -2.81. The summed E-state index contributed by atoms with van der Waals surface area (Å²) in [4.78, 5) is 18.3. The molecule has 0 radical (unpaired) electrons. The average Bonchev–Trinajstić information content (AvgIpc) is 3.67. The molecule has 1 saturated heterocycles. The zero-order chi connectivity index (χ0) is 34.1. The fraction of sp³-hybridized carbons (Fsp3) is 0.286. The van der Waals surface area contributed by atoms with Gasteiger partial charge in [-0.1, -0.05) is 81.4 Å². The minimum Gasteiger partial charge on any atom is -0.465 e. The van der Waals surface area contributed by atoms with Crippen LogP contribution in [-0.4, -0.2) is 59.8 Å². The lowest BCUT2D eigenvalue weighted by Crippen LogP contribution is -2.67. The summed E-state index contributed by atoms with van der Waals surface area (Å²) in [6.45, 7) is 7.91. The number of benzene rings is 3. The van der Waals surface area contributed by atoms with E-state index in [1.165, 1.54) is 39.3 Å². The summed E-state index contributed by atoms with van der Waals surface area (Å²) < 4.78 is 51.2. The van der Waals surface area contributed by atoms with E-state index in [1.807, 2.05) is 18.2 Å². The monoisotopic (exact) mass is 675 g/mol. The zero-order valence-corrected chi connectivity index (χ0v) is 27.7. The number of rotatable bonds is 9. The van der Waals surface area contributed by atoms with Gasteiger partial charge in [0.2, 0.25) is 0 Å². The van der Waals surface area contributed by atoms with Crippen LogP contribution in [0.4, 0.5) is 23.7 Å². The topological polar surface area (TPSA) is 102 Å². The molecule has 0 aliphatic carbocycles. The largest absolute Gasteiger partial charge is 0.573 e. The van der Waals surface area contributed by atoms with Crippen molar-refractivity contribution in [2.75, 3.05) is 18.0 Å². The molecular weight excluding hydrogens is 639 g/mol. The predicted molar refractivity (Wildman–Crippen MR) is 180 cm³/mol. The molecule has 3 heterocycles. The Bertz CT molecular complexity index is 1840. The third kappa shape index (κ3) is 6.60. The molecule has 2 aromatic heterocycles. The van der Waals surface area contributed by atoms with E-state index in [2.05, 4.69) is 94.3 Å². The van der Waals surface area contributed by atoms with Crippen LogP contribution in [0.3, 0.4) is 0 Å². The van der Waals surface area contributed by atoms with E-state index in [9.17, 15) is 23.1 Å². The number of anilines is 1. The van der Waals surface area contributed by atoms with Crippen LogP contribution < -0.4 is 25.3 Å². The minimum atomic E-state index is -4.82. The van der Waals surface area contributed by atoms with E-state index in [-0.39, 0.29) is 23.4 Å².